The first-order valence-corrected chi connectivity index (χ1v) is 7.14. The van der Waals surface area contributed by atoms with Gasteiger partial charge in [0.2, 0.25) is 0 Å². The van der Waals surface area contributed by atoms with E-state index in [9.17, 15) is 9.59 Å². The fourth-order valence-electron chi connectivity index (χ4n) is 2.10. The van der Waals surface area contributed by atoms with Gasteiger partial charge in [0, 0.05) is 6.54 Å². The second-order valence-corrected chi connectivity index (χ2v) is 5.02. The lowest BCUT2D eigenvalue weighted by Gasteiger charge is -2.27. The van der Waals surface area contributed by atoms with Crippen molar-refractivity contribution in [1.82, 2.24) is 10.2 Å². The minimum Gasteiger partial charge on any atom is -0.493 e. The molecule has 120 valence electrons. The van der Waals surface area contributed by atoms with E-state index in [1.165, 1.54) is 31.3 Å². The highest BCUT2D eigenvalue weighted by Crippen LogP contribution is 2.28. The molecular formula is C16H16N2O4S. The Kier molecular flexibility index (Phi) is 5.13. The lowest BCUT2D eigenvalue weighted by Crippen LogP contribution is -2.53. The van der Waals surface area contributed by atoms with E-state index in [2.05, 4.69) is 11.9 Å². The van der Waals surface area contributed by atoms with E-state index in [4.69, 9.17) is 21.7 Å². The maximum Gasteiger partial charge on any atom is 0.265 e. The van der Waals surface area contributed by atoms with Crippen LogP contribution in [0.15, 0.2) is 36.4 Å². The highest BCUT2D eigenvalue weighted by molar-refractivity contribution is 7.80. The van der Waals surface area contributed by atoms with Gasteiger partial charge < -0.3 is 9.47 Å². The lowest BCUT2D eigenvalue weighted by atomic mass is 10.1. The van der Waals surface area contributed by atoms with Crippen LogP contribution in [0.25, 0.3) is 6.08 Å². The summed E-state index contributed by atoms with van der Waals surface area (Å²) >= 11 is 5.00. The summed E-state index contributed by atoms with van der Waals surface area (Å²) in [5.41, 5.74) is 0.625. The van der Waals surface area contributed by atoms with Gasteiger partial charge in [0.25, 0.3) is 11.8 Å². The van der Waals surface area contributed by atoms with Crippen LogP contribution in [0.4, 0.5) is 0 Å². The third-order valence-electron chi connectivity index (χ3n) is 3.22. The number of nitrogens with one attached hydrogen (secondary N) is 1. The topological polar surface area (TPSA) is 67.9 Å². The van der Waals surface area contributed by atoms with E-state index in [0.29, 0.717) is 17.1 Å². The molecule has 0 atom stereocenters. The number of hydrogen-bond acceptors (Lipinski definition) is 5. The molecule has 1 saturated heterocycles. The minimum absolute atomic E-state index is 0.00679. The molecule has 2 rings (SSSR count). The number of carbonyl (C=O) groups excluding carboxylic acids is 2. The van der Waals surface area contributed by atoms with Crippen LogP contribution in [-0.4, -0.2) is 42.6 Å². The molecule has 1 aliphatic heterocycles. The first-order chi connectivity index (χ1) is 11.0. The molecule has 0 bridgehead atoms. The van der Waals surface area contributed by atoms with Crippen LogP contribution in [0.5, 0.6) is 11.5 Å². The van der Waals surface area contributed by atoms with Crippen molar-refractivity contribution in [2.75, 3.05) is 20.8 Å². The van der Waals surface area contributed by atoms with E-state index in [1.54, 1.807) is 18.2 Å². The molecule has 6 nitrogen and oxygen atoms in total. The van der Waals surface area contributed by atoms with Gasteiger partial charge in [-0.25, -0.2) is 0 Å². The molecule has 1 heterocycles. The average Bonchev–Trinajstić information content (AvgIpc) is 2.55. The summed E-state index contributed by atoms with van der Waals surface area (Å²) < 4.78 is 10.4. The molecule has 1 aliphatic rings. The molecule has 0 radical (unpaired) electrons. The number of thiocarbonyl (C=S) groups is 1. The molecule has 2 amide bonds. The Balaban J connectivity index is 2.40. The fraction of sp³-hybridized carbons (Fsp3) is 0.188. The molecule has 0 aliphatic carbocycles. The number of methoxy groups -OCH3 is 2. The Labute approximate surface area is 139 Å². The van der Waals surface area contributed by atoms with Gasteiger partial charge in [0.05, 0.1) is 14.2 Å². The summed E-state index contributed by atoms with van der Waals surface area (Å²) in [6, 6.07) is 5.10. The standard InChI is InChI=1S/C16H16N2O4S/c1-4-7-18-15(20)11(14(19)17-16(18)23)8-10-5-6-12(21-2)13(9-10)22-3/h4-6,8-9H,1,7H2,2-3H3,(H,17,19,23)/b11-8+. The molecule has 1 aromatic carbocycles. The summed E-state index contributed by atoms with van der Waals surface area (Å²) in [6.07, 6.45) is 3.02. The monoisotopic (exact) mass is 332 g/mol. The smallest absolute Gasteiger partial charge is 0.265 e. The van der Waals surface area contributed by atoms with E-state index < -0.39 is 11.8 Å². The summed E-state index contributed by atoms with van der Waals surface area (Å²) in [4.78, 5) is 25.7. The highest BCUT2D eigenvalue weighted by atomic mass is 32.1. The Morgan fingerprint density at radius 1 is 1.26 bits per heavy atom. The van der Waals surface area contributed by atoms with Gasteiger partial charge in [-0.05, 0) is 36.0 Å². The average molecular weight is 332 g/mol. The van der Waals surface area contributed by atoms with E-state index >= 15 is 0 Å². The summed E-state index contributed by atoms with van der Waals surface area (Å²) in [7, 11) is 3.04. The van der Waals surface area contributed by atoms with Crippen LogP contribution in [0.1, 0.15) is 5.56 Å². The molecule has 0 saturated carbocycles. The van der Waals surface area contributed by atoms with Crippen molar-refractivity contribution < 1.29 is 19.1 Å². The van der Waals surface area contributed by atoms with Gasteiger partial charge in [-0.3, -0.25) is 19.8 Å². The second-order valence-electron chi connectivity index (χ2n) is 4.64. The van der Waals surface area contributed by atoms with Gasteiger partial charge in [-0.1, -0.05) is 12.1 Å². The molecule has 0 unspecified atom stereocenters. The Bertz CT molecular complexity index is 712. The van der Waals surface area contributed by atoms with Crippen molar-refractivity contribution in [1.29, 1.82) is 0 Å². The first kappa shape index (κ1) is 16.7. The molecule has 7 heteroatoms. The van der Waals surface area contributed by atoms with E-state index in [0.717, 1.165) is 0 Å². The largest absolute Gasteiger partial charge is 0.493 e. The summed E-state index contributed by atoms with van der Waals surface area (Å²) in [5.74, 6) is 0.0658. The zero-order valence-corrected chi connectivity index (χ0v) is 13.6. The summed E-state index contributed by atoms with van der Waals surface area (Å²) in [6.45, 7) is 3.80. The van der Waals surface area contributed by atoms with Crippen molar-refractivity contribution in [2.24, 2.45) is 0 Å². The van der Waals surface area contributed by atoms with Gasteiger partial charge in [0.15, 0.2) is 16.6 Å². The molecule has 0 aromatic heterocycles. The predicted octanol–water partition coefficient (Wildman–Crippen LogP) is 1.52. The Morgan fingerprint density at radius 3 is 2.57 bits per heavy atom. The van der Waals surface area contributed by atoms with Crippen LogP contribution in [0, 0.1) is 0 Å². The molecule has 1 aromatic rings. The predicted molar refractivity (Wildman–Crippen MR) is 90.2 cm³/mol. The van der Waals surface area contributed by atoms with Gasteiger partial charge in [0.1, 0.15) is 5.57 Å². The molecule has 1 N–H and O–H groups in total. The van der Waals surface area contributed by atoms with Crippen molar-refractivity contribution in [3.05, 3.63) is 42.0 Å². The molecule has 0 spiro atoms. The number of benzene rings is 1. The summed E-state index contributed by atoms with van der Waals surface area (Å²) in [5, 5.41) is 2.57. The molecular weight excluding hydrogens is 316 g/mol. The molecule has 1 fully saturated rings. The zero-order chi connectivity index (χ0) is 17.0. The Morgan fingerprint density at radius 2 is 1.96 bits per heavy atom. The van der Waals surface area contributed by atoms with Gasteiger partial charge in [-0.2, -0.15) is 0 Å². The number of nitrogens with zero attached hydrogens (tertiary/aromatic N) is 1. The number of ether oxygens (including phenoxy) is 2. The highest BCUT2D eigenvalue weighted by Gasteiger charge is 2.32. The van der Waals surface area contributed by atoms with Crippen LogP contribution in [0.3, 0.4) is 0 Å². The lowest BCUT2D eigenvalue weighted by molar-refractivity contribution is -0.128. The fourth-order valence-corrected chi connectivity index (χ4v) is 2.35. The maximum absolute atomic E-state index is 12.4. The maximum atomic E-state index is 12.4. The number of carbonyl (C=O) groups is 2. The number of amides is 2. The Hall–Kier alpha value is -2.67. The SMILES string of the molecule is C=CCN1C(=O)/C(=C/c2ccc(OC)c(OC)c2)C(=O)NC1=S. The van der Waals surface area contributed by atoms with Crippen LogP contribution < -0.4 is 14.8 Å². The van der Waals surface area contributed by atoms with Crippen molar-refractivity contribution in [3.63, 3.8) is 0 Å². The normalized spacial score (nSPS) is 16.3. The zero-order valence-electron chi connectivity index (χ0n) is 12.8. The number of hydrogen-bond donors (Lipinski definition) is 1. The quantitative estimate of drug-likeness (QED) is 0.383. The third kappa shape index (κ3) is 3.40. The van der Waals surface area contributed by atoms with Gasteiger partial charge in [-0.15, -0.1) is 6.58 Å². The van der Waals surface area contributed by atoms with E-state index in [1.807, 2.05) is 0 Å². The van der Waals surface area contributed by atoms with Crippen LogP contribution in [-0.2, 0) is 9.59 Å². The van der Waals surface area contributed by atoms with Crippen molar-refractivity contribution in [3.8, 4) is 11.5 Å². The van der Waals surface area contributed by atoms with E-state index in [-0.39, 0.29) is 17.2 Å². The third-order valence-corrected chi connectivity index (χ3v) is 3.54. The number of rotatable bonds is 5. The van der Waals surface area contributed by atoms with Crippen molar-refractivity contribution in [2.45, 2.75) is 0 Å². The molecule has 23 heavy (non-hydrogen) atoms. The first-order valence-electron chi connectivity index (χ1n) is 6.73. The van der Waals surface area contributed by atoms with Crippen molar-refractivity contribution >= 4 is 35.2 Å². The van der Waals surface area contributed by atoms with Gasteiger partial charge >= 0.3 is 0 Å². The minimum atomic E-state index is -0.532. The van der Waals surface area contributed by atoms with Crippen LogP contribution in [0.2, 0.25) is 0 Å². The second kappa shape index (κ2) is 7.06. The van der Waals surface area contributed by atoms with Crippen LogP contribution >= 0.6 is 12.2 Å².